The molecule has 2 N–H and O–H groups in total. The van der Waals surface area contributed by atoms with Gasteiger partial charge in [0.1, 0.15) is 11.9 Å². The van der Waals surface area contributed by atoms with Crippen LogP contribution in [0.1, 0.15) is 36.7 Å². The molecule has 1 aromatic carbocycles. The maximum absolute atomic E-state index is 12.7. The minimum Gasteiger partial charge on any atom is -0.390 e. The van der Waals surface area contributed by atoms with Gasteiger partial charge in [-0.3, -0.25) is 0 Å². The number of nitrogens with zero attached hydrogens (tertiary/aromatic N) is 2. The normalized spacial score (nSPS) is 17.9. The molecule has 2 heterocycles. The minimum atomic E-state index is -4.35. The van der Waals surface area contributed by atoms with Gasteiger partial charge in [-0.1, -0.05) is 12.1 Å². The highest BCUT2D eigenvalue weighted by molar-refractivity contribution is 5.51. The Kier molecular flexibility index (Phi) is 3.68. The minimum absolute atomic E-state index is 0.195. The summed E-state index contributed by atoms with van der Waals surface area (Å²) in [6.45, 7) is 3.62. The molecule has 0 aliphatic carbocycles. The molecule has 122 valence electrons. The first-order chi connectivity index (χ1) is 10.8. The van der Waals surface area contributed by atoms with E-state index >= 15 is 0 Å². The quantitative estimate of drug-likeness (QED) is 0.886. The fourth-order valence-corrected chi connectivity index (χ4v) is 2.74. The van der Waals surface area contributed by atoms with E-state index in [4.69, 9.17) is 0 Å². The molecule has 2 aromatic rings. The second-order valence-corrected chi connectivity index (χ2v) is 5.58. The summed E-state index contributed by atoms with van der Waals surface area (Å²) < 4.78 is 39.9. The number of aromatic nitrogens is 2. The zero-order chi connectivity index (χ0) is 16.8. The van der Waals surface area contributed by atoms with E-state index in [-0.39, 0.29) is 12.6 Å². The molecule has 0 fully saturated rings. The Morgan fingerprint density at radius 3 is 2.43 bits per heavy atom. The van der Waals surface area contributed by atoms with Crippen LogP contribution in [0, 0.1) is 0 Å². The van der Waals surface area contributed by atoms with E-state index in [0.717, 1.165) is 23.4 Å². The van der Waals surface area contributed by atoms with Crippen LogP contribution >= 0.6 is 0 Å². The van der Waals surface area contributed by atoms with Crippen molar-refractivity contribution in [3.63, 3.8) is 0 Å². The number of anilines is 1. The van der Waals surface area contributed by atoms with Crippen molar-refractivity contribution in [3.05, 3.63) is 58.4 Å². The van der Waals surface area contributed by atoms with Gasteiger partial charge < -0.3 is 10.4 Å². The number of nitrogens with one attached hydrogen (secondary N) is 1. The summed E-state index contributed by atoms with van der Waals surface area (Å²) >= 11 is 0. The second-order valence-electron chi connectivity index (χ2n) is 5.58. The van der Waals surface area contributed by atoms with E-state index < -0.39 is 11.7 Å². The smallest absolute Gasteiger partial charge is 0.390 e. The number of aliphatic hydroxyl groups excluding tert-OH is 1. The van der Waals surface area contributed by atoms with Gasteiger partial charge in [0.25, 0.3) is 0 Å². The highest BCUT2D eigenvalue weighted by Gasteiger charge is 2.31. The predicted molar refractivity (Wildman–Crippen MR) is 79.7 cm³/mol. The molecule has 0 saturated carbocycles. The lowest BCUT2D eigenvalue weighted by molar-refractivity contribution is -0.137. The van der Waals surface area contributed by atoms with Crippen LogP contribution in [0.25, 0.3) is 0 Å². The predicted octanol–water partition coefficient (Wildman–Crippen LogP) is 3.70. The highest BCUT2D eigenvalue weighted by atomic mass is 19.4. The molecule has 23 heavy (non-hydrogen) atoms. The van der Waals surface area contributed by atoms with Crippen molar-refractivity contribution >= 4 is 5.82 Å². The van der Waals surface area contributed by atoms with Crippen LogP contribution in [0.4, 0.5) is 19.0 Å². The van der Waals surface area contributed by atoms with E-state index in [9.17, 15) is 18.3 Å². The van der Waals surface area contributed by atoms with Gasteiger partial charge in [-0.2, -0.15) is 18.3 Å². The average molecular weight is 323 g/mol. The van der Waals surface area contributed by atoms with Crippen LogP contribution in [0.15, 0.2) is 41.6 Å². The molecule has 1 aliphatic heterocycles. The van der Waals surface area contributed by atoms with E-state index in [0.29, 0.717) is 17.1 Å². The molecule has 4 nitrogen and oxygen atoms in total. The standard InChI is InChI=1S/C16H16F3N3O/c1-9-10(2)20-14-7-13(8-23)21-22(14)15(9)11-3-5-12(6-4-11)16(17,18)19/h3-7,15,20,23H,8H2,1-2H3. The lowest BCUT2D eigenvalue weighted by Gasteiger charge is -2.28. The summed E-state index contributed by atoms with van der Waals surface area (Å²) in [6.07, 6.45) is -4.35. The molecule has 0 bridgehead atoms. The fourth-order valence-electron chi connectivity index (χ4n) is 2.74. The molecular weight excluding hydrogens is 307 g/mol. The number of allylic oxidation sites excluding steroid dienone is 2. The number of fused-ring (bicyclic) bond motifs is 1. The molecular formula is C16H16F3N3O. The number of hydrogen-bond donors (Lipinski definition) is 2. The van der Waals surface area contributed by atoms with Crippen molar-refractivity contribution in [1.29, 1.82) is 0 Å². The molecule has 0 spiro atoms. The zero-order valence-corrected chi connectivity index (χ0v) is 12.6. The fraction of sp³-hybridized carbons (Fsp3) is 0.312. The van der Waals surface area contributed by atoms with Gasteiger partial charge in [-0.15, -0.1) is 0 Å². The summed E-state index contributed by atoms with van der Waals surface area (Å²) in [7, 11) is 0. The Balaban J connectivity index is 2.06. The lowest BCUT2D eigenvalue weighted by Crippen LogP contribution is -2.23. The Hall–Kier alpha value is -2.28. The van der Waals surface area contributed by atoms with Crippen molar-refractivity contribution in [2.45, 2.75) is 32.7 Å². The second kappa shape index (κ2) is 5.42. The van der Waals surface area contributed by atoms with Crippen molar-refractivity contribution in [2.75, 3.05) is 5.32 Å². The Bertz CT molecular complexity index is 760. The van der Waals surface area contributed by atoms with Crippen molar-refractivity contribution in [1.82, 2.24) is 9.78 Å². The number of benzene rings is 1. The van der Waals surface area contributed by atoms with Crippen LogP contribution in [0.5, 0.6) is 0 Å². The van der Waals surface area contributed by atoms with Gasteiger partial charge in [-0.25, -0.2) is 4.68 Å². The first kappa shape index (κ1) is 15.6. The van der Waals surface area contributed by atoms with Gasteiger partial charge in [-0.05, 0) is 37.1 Å². The van der Waals surface area contributed by atoms with E-state index in [2.05, 4.69) is 10.4 Å². The number of alkyl halides is 3. The van der Waals surface area contributed by atoms with Gasteiger partial charge in [0, 0.05) is 11.8 Å². The van der Waals surface area contributed by atoms with E-state index in [1.54, 1.807) is 10.7 Å². The van der Waals surface area contributed by atoms with Crippen LogP contribution in [0.3, 0.4) is 0 Å². The Morgan fingerprint density at radius 2 is 1.87 bits per heavy atom. The zero-order valence-electron chi connectivity index (χ0n) is 12.6. The van der Waals surface area contributed by atoms with Crippen LogP contribution in [-0.2, 0) is 12.8 Å². The van der Waals surface area contributed by atoms with Gasteiger partial charge in [0.2, 0.25) is 0 Å². The SMILES string of the molecule is CC1=C(C)C(c2ccc(C(F)(F)F)cc2)n2nc(CO)cc2N1. The van der Waals surface area contributed by atoms with Crippen molar-refractivity contribution in [3.8, 4) is 0 Å². The molecule has 1 aromatic heterocycles. The number of halogens is 3. The summed E-state index contributed by atoms with van der Waals surface area (Å²) in [4.78, 5) is 0. The maximum Gasteiger partial charge on any atom is 0.416 e. The largest absolute Gasteiger partial charge is 0.416 e. The molecule has 1 atom stereocenters. The summed E-state index contributed by atoms with van der Waals surface area (Å²) in [6, 6.07) is 6.53. The van der Waals surface area contributed by atoms with Gasteiger partial charge >= 0.3 is 6.18 Å². The number of aliphatic hydroxyl groups is 1. The highest BCUT2D eigenvalue weighted by Crippen LogP contribution is 2.37. The van der Waals surface area contributed by atoms with E-state index in [1.807, 2.05) is 13.8 Å². The molecule has 7 heteroatoms. The maximum atomic E-state index is 12.7. The molecule has 0 amide bonds. The first-order valence-corrected chi connectivity index (χ1v) is 7.12. The Morgan fingerprint density at radius 1 is 1.22 bits per heavy atom. The summed E-state index contributed by atoms with van der Waals surface area (Å²) in [5.74, 6) is 0.710. The van der Waals surface area contributed by atoms with Gasteiger partial charge in [0.05, 0.1) is 17.9 Å². The summed E-state index contributed by atoms with van der Waals surface area (Å²) in [5, 5.41) is 16.8. The first-order valence-electron chi connectivity index (χ1n) is 7.12. The van der Waals surface area contributed by atoms with Crippen molar-refractivity contribution < 1.29 is 18.3 Å². The average Bonchev–Trinajstić information content (AvgIpc) is 2.90. The van der Waals surface area contributed by atoms with Crippen LogP contribution < -0.4 is 5.32 Å². The monoisotopic (exact) mass is 323 g/mol. The Labute approximate surface area is 131 Å². The molecule has 0 saturated heterocycles. The topological polar surface area (TPSA) is 50.1 Å². The summed E-state index contributed by atoms with van der Waals surface area (Å²) in [5.41, 5.74) is 2.43. The lowest BCUT2D eigenvalue weighted by atomic mass is 9.96. The van der Waals surface area contributed by atoms with Crippen LogP contribution in [0.2, 0.25) is 0 Å². The molecule has 1 unspecified atom stereocenters. The van der Waals surface area contributed by atoms with Gasteiger partial charge in [0.15, 0.2) is 0 Å². The third-order valence-corrected chi connectivity index (χ3v) is 4.06. The van der Waals surface area contributed by atoms with Crippen LogP contribution in [-0.4, -0.2) is 14.9 Å². The van der Waals surface area contributed by atoms with Crippen molar-refractivity contribution in [2.24, 2.45) is 0 Å². The molecule has 1 aliphatic rings. The number of rotatable bonds is 2. The molecule has 0 radical (unpaired) electrons. The number of hydrogen-bond acceptors (Lipinski definition) is 3. The van der Waals surface area contributed by atoms with E-state index in [1.165, 1.54) is 12.1 Å². The third kappa shape index (κ3) is 2.72. The third-order valence-electron chi connectivity index (χ3n) is 4.06. The molecule has 3 rings (SSSR count).